The van der Waals surface area contributed by atoms with Crippen molar-refractivity contribution in [1.29, 1.82) is 0 Å². The molecule has 0 saturated heterocycles. The van der Waals surface area contributed by atoms with E-state index < -0.39 is 11.9 Å². The minimum atomic E-state index is -0.843. The predicted molar refractivity (Wildman–Crippen MR) is 77.6 cm³/mol. The molecule has 22 heavy (non-hydrogen) atoms. The Kier molecular flexibility index (Phi) is 3.86. The molecule has 1 amide bonds. The minimum absolute atomic E-state index is 0.247. The van der Waals surface area contributed by atoms with Crippen LogP contribution in [-0.2, 0) is 4.79 Å². The van der Waals surface area contributed by atoms with E-state index in [0.29, 0.717) is 18.4 Å². The first kappa shape index (κ1) is 14.2. The lowest BCUT2D eigenvalue weighted by Crippen LogP contribution is -2.40. The fourth-order valence-electron chi connectivity index (χ4n) is 2.79. The number of rotatable bonds is 4. The number of nitrogens with one attached hydrogen (secondary N) is 1. The van der Waals surface area contributed by atoms with Gasteiger partial charge >= 0.3 is 5.97 Å². The molecule has 1 heterocycles. The van der Waals surface area contributed by atoms with Crippen molar-refractivity contribution >= 4 is 11.9 Å². The molecule has 1 aromatic heterocycles. The average molecular weight is 300 g/mol. The van der Waals surface area contributed by atoms with Gasteiger partial charge in [-0.15, -0.1) is 5.10 Å². The van der Waals surface area contributed by atoms with E-state index in [1.54, 1.807) is 41.3 Å². The van der Waals surface area contributed by atoms with Gasteiger partial charge < -0.3 is 10.4 Å². The number of carbonyl (C=O) groups excluding carboxylic acids is 1. The van der Waals surface area contributed by atoms with Crippen LogP contribution in [-0.4, -0.2) is 38.0 Å². The molecule has 0 aliphatic heterocycles. The van der Waals surface area contributed by atoms with Crippen LogP contribution >= 0.6 is 0 Å². The number of carboxylic acid groups (broad SMARTS) is 1. The Morgan fingerprint density at radius 3 is 2.64 bits per heavy atom. The number of carbonyl (C=O) groups is 2. The summed E-state index contributed by atoms with van der Waals surface area (Å²) >= 11 is 0. The van der Waals surface area contributed by atoms with Crippen LogP contribution in [0, 0.1) is 5.92 Å². The molecule has 1 aliphatic carbocycles. The van der Waals surface area contributed by atoms with E-state index in [9.17, 15) is 9.59 Å². The number of carboxylic acids is 1. The summed E-state index contributed by atoms with van der Waals surface area (Å²) in [4.78, 5) is 23.4. The van der Waals surface area contributed by atoms with Crippen LogP contribution in [0.1, 0.15) is 29.6 Å². The van der Waals surface area contributed by atoms with Gasteiger partial charge in [0.05, 0.1) is 24.0 Å². The smallest absolute Gasteiger partial charge is 0.308 e. The van der Waals surface area contributed by atoms with Gasteiger partial charge in [0.1, 0.15) is 0 Å². The minimum Gasteiger partial charge on any atom is -0.481 e. The van der Waals surface area contributed by atoms with Crippen LogP contribution in [0.5, 0.6) is 0 Å². The Labute approximate surface area is 126 Å². The van der Waals surface area contributed by atoms with Crippen LogP contribution in [0.4, 0.5) is 0 Å². The highest BCUT2D eigenvalue weighted by atomic mass is 16.4. The maximum Gasteiger partial charge on any atom is 0.308 e. The highest BCUT2D eigenvalue weighted by molar-refractivity contribution is 5.94. The first-order valence-electron chi connectivity index (χ1n) is 7.15. The second-order valence-corrected chi connectivity index (χ2v) is 5.35. The molecule has 1 aliphatic rings. The van der Waals surface area contributed by atoms with Crippen molar-refractivity contribution < 1.29 is 14.7 Å². The molecule has 0 spiro atoms. The summed E-state index contributed by atoms with van der Waals surface area (Å²) < 4.78 is 1.60. The number of hydrogen-bond acceptors (Lipinski definition) is 4. The highest BCUT2D eigenvalue weighted by Crippen LogP contribution is 2.26. The predicted octanol–water partition coefficient (Wildman–Crippen LogP) is 1.25. The van der Waals surface area contributed by atoms with Gasteiger partial charge in [-0.05, 0) is 37.1 Å². The molecule has 0 bridgehead atoms. The second kappa shape index (κ2) is 5.97. The maximum absolute atomic E-state index is 12.2. The third kappa shape index (κ3) is 2.83. The third-order valence-electron chi connectivity index (χ3n) is 3.97. The largest absolute Gasteiger partial charge is 0.481 e. The number of benzene rings is 1. The van der Waals surface area contributed by atoms with Crippen LogP contribution in [0.15, 0.2) is 36.7 Å². The summed E-state index contributed by atoms with van der Waals surface area (Å²) in [6, 6.07) is 6.63. The summed E-state index contributed by atoms with van der Waals surface area (Å²) in [5, 5.41) is 19.6. The standard InChI is InChI=1S/C15H16N4O3/c20-14(17-13-3-1-2-12(13)15(21)22)10-4-6-11(7-5-10)19-9-8-16-18-19/h4-9,12-13H,1-3H2,(H,17,20)(H,21,22)/t12-,13+/m1/s1. The molecular weight excluding hydrogens is 284 g/mol. The molecule has 114 valence electrons. The molecule has 7 heteroatoms. The summed E-state index contributed by atoms with van der Waals surface area (Å²) in [5.74, 6) is -1.58. The van der Waals surface area contributed by atoms with Crippen molar-refractivity contribution in [3.05, 3.63) is 42.2 Å². The normalized spacial score (nSPS) is 20.7. The zero-order valence-electron chi connectivity index (χ0n) is 11.8. The van der Waals surface area contributed by atoms with Gasteiger partial charge in [-0.25, -0.2) is 4.68 Å². The Bertz CT molecular complexity index is 667. The van der Waals surface area contributed by atoms with Gasteiger partial charge in [0.25, 0.3) is 5.91 Å². The van der Waals surface area contributed by atoms with E-state index >= 15 is 0 Å². The van der Waals surface area contributed by atoms with Crippen molar-refractivity contribution in [3.63, 3.8) is 0 Å². The Balaban J connectivity index is 1.69. The van der Waals surface area contributed by atoms with E-state index in [1.807, 2.05) is 0 Å². The maximum atomic E-state index is 12.2. The molecule has 2 atom stereocenters. The molecule has 1 fully saturated rings. The van der Waals surface area contributed by atoms with Gasteiger partial charge in [0, 0.05) is 11.6 Å². The van der Waals surface area contributed by atoms with Crippen molar-refractivity contribution in [2.24, 2.45) is 5.92 Å². The lowest BCUT2D eigenvalue weighted by Gasteiger charge is -2.17. The van der Waals surface area contributed by atoms with Gasteiger partial charge in [-0.1, -0.05) is 11.6 Å². The molecule has 1 saturated carbocycles. The fourth-order valence-corrected chi connectivity index (χ4v) is 2.79. The number of nitrogens with zero attached hydrogens (tertiary/aromatic N) is 3. The summed E-state index contributed by atoms with van der Waals surface area (Å²) in [5.41, 5.74) is 1.30. The van der Waals surface area contributed by atoms with Crippen molar-refractivity contribution in [3.8, 4) is 5.69 Å². The van der Waals surface area contributed by atoms with Crippen molar-refractivity contribution in [1.82, 2.24) is 20.3 Å². The number of hydrogen-bond donors (Lipinski definition) is 2. The molecule has 2 N–H and O–H groups in total. The molecule has 2 aromatic rings. The number of aliphatic carboxylic acids is 1. The van der Waals surface area contributed by atoms with E-state index in [0.717, 1.165) is 12.1 Å². The first-order valence-corrected chi connectivity index (χ1v) is 7.15. The van der Waals surface area contributed by atoms with E-state index in [1.165, 1.54) is 0 Å². The quantitative estimate of drug-likeness (QED) is 0.885. The van der Waals surface area contributed by atoms with E-state index in [2.05, 4.69) is 15.6 Å². The van der Waals surface area contributed by atoms with Crippen LogP contribution in [0.2, 0.25) is 0 Å². The molecule has 0 unspecified atom stereocenters. The molecule has 7 nitrogen and oxygen atoms in total. The van der Waals surface area contributed by atoms with Crippen molar-refractivity contribution in [2.45, 2.75) is 25.3 Å². The zero-order chi connectivity index (χ0) is 15.5. The SMILES string of the molecule is O=C(N[C@H]1CCC[C@H]1C(=O)O)c1ccc(-n2ccnn2)cc1. The van der Waals surface area contributed by atoms with Gasteiger partial charge in [0.2, 0.25) is 0 Å². The van der Waals surface area contributed by atoms with E-state index in [-0.39, 0.29) is 11.9 Å². The Hall–Kier alpha value is -2.70. The monoisotopic (exact) mass is 300 g/mol. The Morgan fingerprint density at radius 1 is 1.23 bits per heavy atom. The fraction of sp³-hybridized carbons (Fsp3) is 0.333. The topological polar surface area (TPSA) is 97.1 Å². The summed E-state index contributed by atoms with van der Waals surface area (Å²) in [7, 11) is 0. The van der Waals surface area contributed by atoms with Crippen LogP contribution in [0.3, 0.4) is 0 Å². The van der Waals surface area contributed by atoms with E-state index in [4.69, 9.17) is 5.11 Å². The zero-order valence-corrected chi connectivity index (χ0v) is 11.8. The molecule has 1 aromatic carbocycles. The van der Waals surface area contributed by atoms with Gasteiger partial charge in [-0.2, -0.15) is 0 Å². The summed E-state index contributed by atoms with van der Waals surface area (Å²) in [6.07, 6.45) is 5.44. The Morgan fingerprint density at radius 2 is 2.00 bits per heavy atom. The van der Waals surface area contributed by atoms with Crippen molar-refractivity contribution in [2.75, 3.05) is 0 Å². The van der Waals surface area contributed by atoms with Crippen LogP contribution < -0.4 is 5.32 Å². The lowest BCUT2D eigenvalue weighted by atomic mass is 10.0. The number of amides is 1. The molecule has 0 radical (unpaired) electrons. The van der Waals surface area contributed by atoms with Crippen LogP contribution in [0.25, 0.3) is 5.69 Å². The highest BCUT2D eigenvalue weighted by Gasteiger charge is 2.33. The lowest BCUT2D eigenvalue weighted by molar-refractivity contribution is -0.142. The molecule has 3 rings (SSSR count). The number of aromatic nitrogens is 3. The summed E-state index contributed by atoms with van der Waals surface area (Å²) in [6.45, 7) is 0. The second-order valence-electron chi connectivity index (χ2n) is 5.35. The third-order valence-corrected chi connectivity index (χ3v) is 3.97. The van der Waals surface area contributed by atoms with Gasteiger partial charge in [-0.3, -0.25) is 9.59 Å². The average Bonchev–Trinajstić information content (AvgIpc) is 3.18. The first-order chi connectivity index (χ1) is 10.6. The molecular formula is C15H16N4O3. The van der Waals surface area contributed by atoms with Gasteiger partial charge in [0.15, 0.2) is 0 Å².